The van der Waals surface area contributed by atoms with Gasteiger partial charge in [-0.25, -0.2) is 4.98 Å². The molecule has 0 aliphatic heterocycles. The molecule has 2 heterocycles. The van der Waals surface area contributed by atoms with Gasteiger partial charge in [-0.3, -0.25) is 4.79 Å². The molecule has 2 aromatic heterocycles. The molecule has 1 amide bonds. The smallest absolute Gasteiger partial charge is 0.269 e. The number of para-hydroxylation sites is 1. The van der Waals surface area contributed by atoms with E-state index < -0.39 is 0 Å². The summed E-state index contributed by atoms with van der Waals surface area (Å²) in [6.45, 7) is 0.503. The lowest BCUT2D eigenvalue weighted by atomic mass is 10.1. The Kier molecular flexibility index (Phi) is 5.71. The fourth-order valence-electron chi connectivity index (χ4n) is 4.00. The summed E-state index contributed by atoms with van der Waals surface area (Å²) in [4.78, 5) is 21.3. The molecule has 0 fully saturated rings. The van der Waals surface area contributed by atoms with Crippen molar-refractivity contribution in [1.29, 1.82) is 0 Å². The van der Waals surface area contributed by atoms with Gasteiger partial charge in [-0.15, -0.1) is 0 Å². The Balaban J connectivity index is 1.52. The van der Waals surface area contributed by atoms with Crippen molar-refractivity contribution in [2.24, 2.45) is 0 Å². The molecular weight excluding hydrogens is 434 g/mol. The second-order valence-corrected chi connectivity index (χ2v) is 8.25. The van der Waals surface area contributed by atoms with Crippen molar-refractivity contribution >= 4 is 39.3 Å². The van der Waals surface area contributed by atoms with E-state index in [1.807, 2.05) is 78.9 Å². The number of methoxy groups -OCH3 is 1. The molecule has 33 heavy (non-hydrogen) atoms. The lowest BCUT2D eigenvalue weighted by Gasteiger charge is -2.10. The molecular formula is C27H22ClN3O2. The summed E-state index contributed by atoms with van der Waals surface area (Å²) in [7, 11) is 1.63. The van der Waals surface area contributed by atoms with Gasteiger partial charge in [-0.05, 0) is 48.4 Å². The Morgan fingerprint density at radius 1 is 1.00 bits per heavy atom. The molecule has 0 aliphatic rings. The van der Waals surface area contributed by atoms with Crippen LogP contribution in [0.2, 0.25) is 5.02 Å². The number of amides is 1. The van der Waals surface area contributed by atoms with E-state index in [1.54, 1.807) is 7.11 Å². The highest BCUT2D eigenvalue weighted by Gasteiger charge is 2.17. The molecule has 0 bridgehead atoms. The first-order chi connectivity index (χ1) is 16.1. The van der Waals surface area contributed by atoms with Crippen molar-refractivity contribution < 1.29 is 9.53 Å². The van der Waals surface area contributed by atoms with Crippen molar-refractivity contribution in [1.82, 2.24) is 15.3 Å². The first kappa shape index (κ1) is 21.0. The van der Waals surface area contributed by atoms with E-state index in [9.17, 15) is 4.79 Å². The highest BCUT2D eigenvalue weighted by Crippen LogP contribution is 2.33. The number of nitrogens with zero attached hydrogens (tertiary/aromatic N) is 1. The summed E-state index contributed by atoms with van der Waals surface area (Å²) < 4.78 is 5.40. The third-order valence-corrected chi connectivity index (χ3v) is 5.94. The number of pyridine rings is 1. The van der Waals surface area contributed by atoms with Gasteiger partial charge in [0.05, 0.1) is 18.3 Å². The molecule has 5 nitrogen and oxygen atoms in total. The molecule has 5 rings (SSSR count). The van der Waals surface area contributed by atoms with Crippen molar-refractivity contribution in [2.75, 3.05) is 13.7 Å². The minimum absolute atomic E-state index is 0.208. The lowest BCUT2D eigenvalue weighted by molar-refractivity contribution is 0.0949. The number of aromatic nitrogens is 2. The van der Waals surface area contributed by atoms with E-state index in [-0.39, 0.29) is 5.91 Å². The largest absolute Gasteiger partial charge is 0.497 e. The van der Waals surface area contributed by atoms with Crippen LogP contribution in [0, 0.1) is 0 Å². The number of fused-ring (bicyclic) bond motifs is 3. The average molecular weight is 456 g/mol. The van der Waals surface area contributed by atoms with Gasteiger partial charge in [0.2, 0.25) is 0 Å². The predicted molar refractivity (Wildman–Crippen MR) is 133 cm³/mol. The van der Waals surface area contributed by atoms with Crippen LogP contribution < -0.4 is 10.1 Å². The Morgan fingerprint density at radius 2 is 1.82 bits per heavy atom. The Hall–Kier alpha value is -3.83. The van der Waals surface area contributed by atoms with E-state index in [4.69, 9.17) is 21.3 Å². The van der Waals surface area contributed by atoms with E-state index in [0.29, 0.717) is 29.4 Å². The van der Waals surface area contributed by atoms with Crippen LogP contribution in [0.15, 0.2) is 78.9 Å². The predicted octanol–water partition coefficient (Wildman–Crippen LogP) is 6.02. The van der Waals surface area contributed by atoms with Crippen LogP contribution in [0.5, 0.6) is 5.75 Å². The molecule has 0 aliphatic carbocycles. The Bertz CT molecular complexity index is 1460. The Labute approximate surface area is 196 Å². The minimum atomic E-state index is -0.208. The highest BCUT2D eigenvalue weighted by molar-refractivity contribution is 6.30. The highest BCUT2D eigenvalue weighted by atomic mass is 35.5. The van der Waals surface area contributed by atoms with Gasteiger partial charge in [0.15, 0.2) is 0 Å². The fraction of sp³-hybridized carbons (Fsp3) is 0.111. The number of halogens is 1. The minimum Gasteiger partial charge on any atom is -0.497 e. The number of hydrogen-bond donors (Lipinski definition) is 2. The van der Waals surface area contributed by atoms with Crippen LogP contribution >= 0.6 is 11.6 Å². The zero-order valence-electron chi connectivity index (χ0n) is 18.1. The normalized spacial score (nSPS) is 11.1. The van der Waals surface area contributed by atoms with E-state index >= 15 is 0 Å². The molecule has 0 spiro atoms. The second kappa shape index (κ2) is 8.96. The maximum atomic E-state index is 13.1. The molecule has 0 unspecified atom stereocenters. The molecule has 0 atom stereocenters. The van der Waals surface area contributed by atoms with Crippen LogP contribution in [0.25, 0.3) is 33.1 Å². The molecule has 0 saturated carbocycles. The zero-order valence-corrected chi connectivity index (χ0v) is 18.8. The topological polar surface area (TPSA) is 67.0 Å². The summed E-state index contributed by atoms with van der Waals surface area (Å²) in [6, 6.07) is 25.2. The summed E-state index contributed by atoms with van der Waals surface area (Å²) in [5.74, 6) is 0.525. The van der Waals surface area contributed by atoms with E-state index in [0.717, 1.165) is 38.7 Å². The van der Waals surface area contributed by atoms with Crippen LogP contribution in [0.1, 0.15) is 16.1 Å². The third-order valence-electron chi connectivity index (χ3n) is 5.68. The van der Waals surface area contributed by atoms with E-state index in [2.05, 4.69) is 10.3 Å². The fourth-order valence-corrected chi connectivity index (χ4v) is 4.13. The maximum Gasteiger partial charge on any atom is 0.269 e. The summed E-state index contributed by atoms with van der Waals surface area (Å²) in [5.41, 5.74) is 4.96. The number of aromatic amines is 1. The van der Waals surface area contributed by atoms with Gasteiger partial charge in [0, 0.05) is 33.4 Å². The number of carbonyl (C=O) groups is 1. The van der Waals surface area contributed by atoms with Gasteiger partial charge in [0.1, 0.15) is 11.4 Å². The maximum absolute atomic E-state index is 13.1. The number of H-pyrrole nitrogens is 1. The standard InChI is InChI=1S/C27H22ClN3O2/c1-33-20-6-4-5-18(15-20)25-26-22(21-7-2-3-8-23(21)30-26)16-24(31-25)27(32)29-14-13-17-9-11-19(28)12-10-17/h2-12,15-16,30H,13-14H2,1H3,(H,29,32). The molecule has 0 saturated heterocycles. The molecule has 2 N–H and O–H groups in total. The molecule has 6 heteroatoms. The Morgan fingerprint density at radius 3 is 2.64 bits per heavy atom. The number of carbonyl (C=O) groups excluding carboxylic acids is 1. The molecule has 3 aromatic carbocycles. The van der Waals surface area contributed by atoms with Crippen molar-refractivity contribution in [3.05, 3.63) is 95.1 Å². The van der Waals surface area contributed by atoms with E-state index in [1.165, 1.54) is 0 Å². The van der Waals surface area contributed by atoms with Crippen LogP contribution in [-0.4, -0.2) is 29.5 Å². The second-order valence-electron chi connectivity index (χ2n) is 7.81. The number of hydrogen-bond acceptors (Lipinski definition) is 3. The quantitative estimate of drug-likeness (QED) is 0.329. The molecule has 164 valence electrons. The average Bonchev–Trinajstić information content (AvgIpc) is 3.23. The third kappa shape index (κ3) is 4.28. The molecule has 5 aromatic rings. The number of ether oxygens (including phenoxy) is 1. The zero-order chi connectivity index (χ0) is 22.8. The van der Waals surface area contributed by atoms with Gasteiger partial charge in [-0.2, -0.15) is 0 Å². The monoisotopic (exact) mass is 455 g/mol. The first-order valence-electron chi connectivity index (χ1n) is 10.7. The van der Waals surface area contributed by atoms with Gasteiger partial charge >= 0.3 is 0 Å². The van der Waals surface area contributed by atoms with Crippen molar-refractivity contribution in [3.8, 4) is 17.0 Å². The first-order valence-corrected chi connectivity index (χ1v) is 11.1. The van der Waals surface area contributed by atoms with Crippen LogP contribution in [-0.2, 0) is 6.42 Å². The van der Waals surface area contributed by atoms with Gasteiger partial charge in [0.25, 0.3) is 5.91 Å². The number of rotatable bonds is 6. The van der Waals surface area contributed by atoms with Crippen LogP contribution in [0.4, 0.5) is 0 Å². The SMILES string of the molecule is COc1cccc(-c2nc(C(=O)NCCc3ccc(Cl)cc3)cc3c2[nH]c2ccccc23)c1. The van der Waals surface area contributed by atoms with Crippen LogP contribution in [0.3, 0.4) is 0 Å². The molecule has 0 radical (unpaired) electrons. The number of nitrogens with one attached hydrogen (secondary N) is 2. The number of benzene rings is 3. The van der Waals surface area contributed by atoms with Gasteiger partial charge < -0.3 is 15.0 Å². The van der Waals surface area contributed by atoms with Crippen molar-refractivity contribution in [2.45, 2.75) is 6.42 Å². The lowest BCUT2D eigenvalue weighted by Crippen LogP contribution is -2.26. The summed E-state index contributed by atoms with van der Waals surface area (Å²) in [5, 5.41) is 5.71. The summed E-state index contributed by atoms with van der Waals surface area (Å²) >= 11 is 5.95. The summed E-state index contributed by atoms with van der Waals surface area (Å²) in [6.07, 6.45) is 0.709. The van der Waals surface area contributed by atoms with Crippen molar-refractivity contribution in [3.63, 3.8) is 0 Å². The van der Waals surface area contributed by atoms with Gasteiger partial charge in [-0.1, -0.05) is 54.1 Å².